The SMILES string of the molecule is CC1CC(CN)CN1C(=O)c1ccc(N(C)c2ccccc2)nc1.Cl.Cl. The van der Waals surface area contributed by atoms with E-state index in [1.807, 2.05) is 59.3 Å². The molecule has 1 aromatic carbocycles. The minimum absolute atomic E-state index is 0. The number of rotatable bonds is 4. The fourth-order valence-electron chi connectivity index (χ4n) is 3.26. The minimum atomic E-state index is 0. The predicted octanol–water partition coefficient (Wildman–Crippen LogP) is 3.50. The molecule has 142 valence electrons. The van der Waals surface area contributed by atoms with Crippen LogP contribution in [-0.2, 0) is 0 Å². The molecule has 1 aromatic heterocycles. The highest BCUT2D eigenvalue weighted by Gasteiger charge is 2.32. The number of halogens is 2. The number of hydrogen-bond donors (Lipinski definition) is 1. The molecule has 1 fully saturated rings. The van der Waals surface area contributed by atoms with Crippen molar-refractivity contribution in [1.29, 1.82) is 0 Å². The van der Waals surface area contributed by atoms with Crippen molar-refractivity contribution in [1.82, 2.24) is 9.88 Å². The lowest BCUT2D eigenvalue weighted by molar-refractivity contribution is 0.0743. The molecule has 2 atom stereocenters. The van der Waals surface area contributed by atoms with Crippen LogP contribution >= 0.6 is 24.8 Å². The number of pyridine rings is 1. The fraction of sp³-hybridized carbons (Fsp3) is 0.368. The first-order valence-electron chi connectivity index (χ1n) is 8.36. The second kappa shape index (κ2) is 9.76. The Kier molecular flexibility index (Phi) is 8.34. The Morgan fingerprint density at radius 1 is 1.23 bits per heavy atom. The zero-order valence-corrected chi connectivity index (χ0v) is 16.7. The number of amides is 1. The number of anilines is 2. The van der Waals surface area contributed by atoms with Crippen LogP contribution in [0.3, 0.4) is 0 Å². The van der Waals surface area contributed by atoms with Gasteiger partial charge in [-0.2, -0.15) is 0 Å². The zero-order valence-electron chi connectivity index (χ0n) is 15.0. The topological polar surface area (TPSA) is 62.5 Å². The number of benzene rings is 1. The number of hydrogen-bond acceptors (Lipinski definition) is 4. The van der Waals surface area contributed by atoms with Crippen molar-refractivity contribution in [3.05, 3.63) is 54.2 Å². The van der Waals surface area contributed by atoms with E-state index in [1.165, 1.54) is 0 Å². The average molecular weight is 397 g/mol. The van der Waals surface area contributed by atoms with Crippen molar-refractivity contribution in [2.24, 2.45) is 11.7 Å². The van der Waals surface area contributed by atoms with Gasteiger partial charge < -0.3 is 15.5 Å². The number of nitrogens with zero attached hydrogens (tertiary/aromatic N) is 3. The molecule has 0 saturated carbocycles. The van der Waals surface area contributed by atoms with Crippen LogP contribution in [0.5, 0.6) is 0 Å². The Balaban J connectivity index is 0.00000169. The Morgan fingerprint density at radius 2 is 1.92 bits per heavy atom. The summed E-state index contributed by atoms with van der Waals surface area (Å²) in [4.78, 5) is 21.1. The smallest absolute Gasteiger partial charge is 0.255 e. The van der Waals surface area contributed by atoms with E-state index >= 15 is 0 Å². The van der Waals surface area contributed by atoms with Gasteiger partial charge in [0.2, 0.25) is 0 Å². The molecule has 0 aliphatic carbocycles. The van der Waals surface area contributed by atoms with Gasteiger partial charge in [-0.3, -0.25) is 4.79 Å². The number of para-hydroxylation sites is 1. The first-order valence-corrected chi connectivity index (χ1v) is 8.36. The van der Waals surface area contributed by atoms with Gasteiger partial charge in [0.05, 0.1) is 5.56 Å². The molecule has 2 unspecified atom stereocenters. The fourth-order valence-corrected chi connectivity index (χ4v) is 3.26. The monoisotopic (exact) mass is 396 g/mol. The quantitative estimate of drug-likeness (QED) is 0.858. The van der Waals surface area contributed by atoms with Gasteiger partial charge in [0.25, 0.3) is 5.91 Å². The summed E-state index contributed by atoms with van der Waals surface area (Å²) >= 11 is 0. The molecule has 0 radical (unpaired) electrons. The molecule has 2 heterocycles. The molecule has 3 rings (SSSR count). The highest BCUT2D eigenvalue weighted by molar-refractivity contribution is 5.94. The average Bonchev–Trinajstić information content (AvgIpc) is 3.02. The third-order valence-corrected chi connectivity index (χ3v) is 4.74. The largest absolute Gasteiger partial charge is 0.336 e. The van der Waals surface area contributed by atoms with Crippen LogP contribution in [0.15, 0.2) is 48.7 Å². The van der Waals surface area contributed by atoms with Gasteiger partial charge in [-0.25, -0.2) is 4.98 Å². The second-order valence-electron chi connectivity index (χ2n) is 6.44. The summed E-state index contributed by atoms with van der Waals surface area (Å²) in [5.74, 6) is 1.26. The molecule has 1 aliphatic heterocycles. The van der Waals surface area contributed by atoms with Crippen LogP contribution in [0.2, 0.25) is 0 Å². The zero-order chi connectivity index (χ0) is 17.1. The normalized spacial score (nSPS) is 18.7. The summed E-state index contributed by atoms with van der Waals surface area (Å²) in [6.45, 7) is 3.45. The number of nitrogens with two attached hydrogens (primary N) is 1. The summed E-state index contributed by atoms with van der Waals surface area (Å²) in [5, 5.41) is 0. The molecule has 7 heteroatoms. The van der Waals surface area contributed by atoms with Gasteiger partial charge in [-0.1, -0.05) is 18.2 Å². The summed E-state index contributed by atoms with van der Waals surface area (Å²) in [6.07, 6.45) is 2.64. The molecule has 0 spiro atoms. The molecule has 5 nitrogen and oxygen atoms in total. The van der Waals surface area contributed by atoms with Gasteiger partial charge in [0.15, 0.2) is 0 Å². The van der Waals surface area contributed by atoms with E-state index in [0.717, 1.165) is 24.5 Å². The Hall–Kier alpha value is -1.82. The number of likely N-dealkylation sites (tertiary alicyclic amines) is 1. The molecular weight excluding hydrogens is 371 g/mol. The summed E-state index contributed by atoms with van der Waals surface area (Å²) in [5.41, 5.74) is 7.44. The molecule has 1 saturated heterocycles. The first-order chi connectivity index (χ1) is 11.6. The molecule has 2 aromatic rings. The minimum Gasteiger partial charge on any atom is -0.336 e. The van der Waals surface area contributed by atoms with Crippen LogP contribution in [-0.4, -0.2) is 42.0 Å². The number of aromatic nitrogens is 1. The van der Waals surface area contributed by atoms with Gasteiger partial charge in [-0.05, 0) is 50.1 Å². The molecule has 2 N–H and O–H groups in total. The van der Waals surface area contributed by atoms with Crippen LogP contribution in [0.4, 0.5) is 11.5 Å². The lowest BCUT2D eigenvalue weighted by Gasteiger charge is -2.22. The third-order valence-electron chi connectivity index (χ3n) is 4.74. The molecule has 26 heavy (non-hydrogen) atoms. The lowest BCUT2D eigenvalue weighted by atomic mass is 10.1. The van der Waals surface area contributed by atoms with E-state index < -0.39 is 0 Å². The van der Waals surface area contributed by atoms with Gasteiger partial charge in [-0.15, -0.1) is 24.8 Å². The van der Waals surface area contributed by atoms with Gasteiger partial charge >= 0.3 is 0 Å². The second-order valence-corrected chi connectivity index (χ2v) is 6.44. The van der Waals surface area contributed by atoms with Crippen LogP contribution in [0, 0.1) is 5.92 Å². The molecule has 0 bridgehead atoms. The maximum absolute atomic E-state index is 12.7. The summed E-state index contributed by atoms with van der Waals surface area (Å²) in [7, 11) is 1.97. The number of carbonyl (C=O) groups excluding carboxylic acids is 1. The van der Waals surface area contributed by atoms with Gasteiger partial charge in [0.1, 0.15) is 5.82 Å². The van der Waals surface area contributed by atoms with Crippen molar-refractivity contribution >= 4 is 42.2 Å². The van der Waals surface area contributed by atoms with Crippen molar-refractivity contribution in [3.8, 4) is 0 Å². The van der Waals surface area contributed by atoms with Crippen molar-refractivity contribution in [2.45, 2.75) is 19.4 Å². The predicted molar refractivity (Wildman–Crippen MR) is 111 cm³/mol. The van der Waals surface area contributed by atoms with Crippen LogP contribution in [0.1, 0.15) is 23.7 Å². The van der Waals surface area contributed by atoms with E-state index in [2.05, 4.69) is 11.9 Å². The molecule has 1 amide bonds. The highest BCUT2D eigenvalue weighted by Crippen LogP contribution is 2.25. The Bertz CT molecular complexity index is 696. The van der Waals surface area contributed by atoms with E-state index in [1.54, 1.807) is 6.20 Å². The maximum Gasteiger partial charge on any atom is 0.255 e. The van der Waals surface area contributed by atoms with Crippen LogP contribution < -0.4 is 10.6 Å². The van der Waals surface area contributed by atoms with E-state index in [4.69, 9.17) is 5.73 Å². The van der Waals surface area contributed by atoms with E-state index in [-0.39, 0.29) is 36.8 Å². The van der Waals surface area contributed by atoms with Crippen LogP contribution in [0.25, 0.3) is 0 Å². The van der Waals surface area contributed by atoms with Crippen molar-refractivity contribution < 1.29 is 4.79 Å². The highest BCUT2D eigenvalue weighted by atomic mass is 35.5. The van der Waals surface area contributed by atoms with Gasteiger partial charge in [0, 0.05) is 31.5 Å². The van der Waals surface area contributed by atoms with E-state index in [0.29, 0.717) is 18.0 Å². The standard InChI is InChI=1S/C19H24N4O.2ClH/c1-14-10-15(11-20)13-23(14)19(24)16-8-9-18(21-12-16)22(2)17-6-4-3-5-7-17;;/h3-9,12,14-15H,10-11,13,20H2,1-2H3;2*1H. The lowest BCUT2D eigenvalue weighted by Crippen LogP contribution is -2.34. The first kappa shape index (κ1) is 22.2. The third kappa shape index (κ3) is 4.67. The summed E-state index contributed by atoms with van der Waals surface area (Å²) in [6, 6.07) is 14.0. The molecular formula is C19H26Cl2N4O. The molecule has 1 aliphatic rings. The van der Waals surface area contributed by atoms with Crippen molar-refractivity contribution in [2.75, 3.05) is 25.0 Å². The summed E-state index contributed by atoms with van der Waals surface area (Å²) < 4.78 is 0. The van der Waals surface area contributed by atoms with E-state index in [9.17, 15) is 4.79 Å². The Morgan fingerprint density at radius 3 is 2.46 bits per heavy atom. The maximum atomic E-state index is 12.7. The van der Waals surface area contributed by atoms with Crippen molar-refractivity contribution in [3.63, 3.8) is 0 Å². The number of carbonyl (C=O) groups is 1. The Labute approximate surface area is 167 Å².